The molecule has 0 spiro atoms. The van der Waals surface area contributed by atoms with Gasteiger partial charge in [-0.15, -0.1) is 0 Å². The Labute approximate surface area is 136 Å². The molecular formula is C19H23NO3. The van der Waals surface area contributed by atoms with Gasteiger partial charge in [0.25, 0.3) is 5.91 Å². The first-order valence-corrected chi connectivity index (χ1v) is 7.75. The van der Waals surface area contributed by atoms with Crippen molar-refractivity contribution in [2.75, 3.05) is 6.61 Å². The molecule has 2 aromatic carbocycles. The molecule has 0 aromatic heterocycles. The molecule has 0 aliphatic carbocycles. The molecule has 0 saturated carbocycles. The lowest BCUT2D eigenvalue weighted by atomic mass is 9.85. The van der Waals surface area contributed by atoms with E-state index < -0.39 is 11.5 Å². The SMILES string of the molecule is CC(CO)C(C)NC(=O)C(O)(c1ccccc1)c1ccccc1. The van der Waals surface area contributed by atoms with Gasteiger partial charge >= 0.3 is 0 Å². The maximum atomic E-state index is 12.9. The summed E-state index contributed by atoms with van der Waals surface area (Å²) in [6, 6.07) is 17.5. The summed E-state index contributed by atoms with van der Waals surface area (Å²) < 4.78 is 0. The number of amides is 1. The minimum absolute atomic E-state index is 0.0312. The molecule has 0 bridgehead atoms. The summed E-state index contributed by atoms with van der Waals surface area (Å²) in [5, 5.41) is 23.3. The molecule has 23 heavy (non-hydrogen) atoms. The molecule has 2 rings (SSSR count). The molecule has 0 aliphatic heterocycles. The largest absolute Gasteiger partial charge is 0.396 e. The van der Waals surface area contributed by atoms with E-state index >= 15 is 0 Å². The van der Waals surface area contributed by atoms with Crippen LogP contribution in [0.1, 0.15) is 25.0 Å². The highest BCUT2D eigenvalue weighted by Gasteiger charge is 2.40. The van der Waals surface area contributed by atoms with Gasteiger partial charge in [0, 0.05) is 12.6 Å². The van der Waals surface area contributed by atoms with Gasteiger partial charge in [-0.3, -0.25) is 4.79 Å². The van der Waals surface area contributed by atoms with Gasteiger partial charge in [0.1, 0.15) is 0 Å². The molecule has 2 aromatic rings. The van der Waals surface area contributed by atoms with Crippen molar-refractivity contribution in [3.63, 3.8) is 0 Å². The molecule has 4 nitrogen and oxygen atoms in total. The predicted octanol–water partition coefficient (Wildman–Crippen LogP) is 2.06. The molecule has 2 atom stereocenters. The molecule has 0 saturated heterocycles. The number of nitrogens with one attached hydrogen (secondary N) is 1. The molecule has 0 aliphatic rings. The van der Waals surface area contributed by atoms with E-state index in [1.54, 1.807) is 48.5 Å². The minimum atomic E-state index is -1.77. The maximum Gasteiger partial charge on any atom is 0.261 e. The number of carbonyl (C=O) groups excluding carboxylic acids is 1. The summed E-state index contributed by atoms with van der Waals surface area (Å²) in [5.41, 5.74) is -0.758. The van der Waals surface area contributed by atoms with Gasteiger partial charge in [-0.2, -0.15) is 0 Å². The van der Waals surface area contributed by atoms with E-state index in [0.29, 0.717) is 11.1 Å². The van der Waals surface area contributed by atoms with Gasteiger partial charge in [0.2, 0.25) is 0 Å². The summed E-state index contributed by atoms with van der Waals surface area (Å²) in [6.07, 6.45) is 0. The quantitative estimate of drug-likeness (QED) is 0.764. The van der Waals surface area contributed by atoms with Crippen LogP contribution in [0.25, 0.3) is 0 Å². The van der Waals surface area contributed by atoms with Crippen molar-refractivity contribution in [3.05, 3.63) is 71.8 Å². The average Bonchev–Trinajstić information content (AvgIpc) is 2.61. The fourth-order valence-electron chi connectivity index (χ4n) is 2.40. The lowest BCUT2D eigenvalue weighted by Gasteiger charge is -2.30. The monoisotopic (exact) mass is 313 g/mol. The Balaban J connectivity index is 2.41. The average molecular weight is 313 g/mol. The normalized spacial score (nSPS) is 14.1. The molecule has 0 heterocycles. The van der Waals surface area contributed by atoms with Crippen molar-refractivity contribution in [3.8, 4) is 0 Å². The van der Waals surface area contributed by atoms with Gasteiger partial charge in [0.05, 0.1) is 0 Å². The van der Waals surface area contributed by atoms with Gasteiger partial charge in [-0.1, -0.05) is 67.6 Å². The second-order valence-electron chi connectivity index (χ2n) is 5.86. The summed E-state index contributed by atoms with van der Waals surface area (Å²) in [4.78, 5) is 12.9. The smallest absolute Gasteiger partial charge is 0.261 e. The molecule has 3 N–H and O–H groups in total. The highest BCUT2D eigenvalue weighted by molar-refractivity contribution is 5.90. The molecule has 122 valence electrons. The number of aliphatic hydroxyl groups excluding tert-OH is 1. The van der Waals surface area contributed by atoms with Crippen molar-refractivity contribution in [1.82, 2.24) is 5.32 Å². The fraction of sp³-hybridized carbons (Fsp3) is 0.316. The number of hydrogen-bond donors (Lipinski definition) is 3. The first kappa shape index (κ1) is 17.2. The van der Waals surface area contributed by atoms with E-state index in [4.69, 9.17) is 0 Å². The Morgan fingerprint density at radius 2 is 1.43 bits per heavy atom. The Hall–Kier alpha value is -2.17. The highest BCUT2D eigenvalue weighted by Crippen LogP contribution is 2.30. The third-order valence-electron chi connectivity index (χ3n) is 4.21. The van der Waals surface area contributed by atoms with Crippen LogP contribution in [0, 0.1) is 5.92 Å². The Morgan fingerprint density at radius 1 is 1.00 bits per heavy atom. The van der Waals surface area contributed by atoms with E-state index in [1.165, 1.54) is 0 Å². The predicted molar refractivity (Wildman–Crippen MR) is 89.7 cm³/mol. The zero-order valence-corrected chi connectivity index (χ0v) is 13.4. The first-order chi connectivity index (χ1) is 11.0. The number of rotatable bonds is 6. The van der Waals surface area contributed by atoms with Crippen LogP contribution < -0.4 is 5.32 Å². The third kappa shape index (κ3) is 3.60. The standard InChI is InChI=1S/C19H23NO3/c1-14(13-21)15(2)20-18(22)19(23,16-9-5-3-6-10-16)17-11-7-4-8-12-17/h3-12,14-15,21,23H,13H2,1-2H3,(H,20,22). The van der Waals surface area contributed by atoms with E-state index in [0.717, 1.165) is 0 Å². The van der Waals surface area contributed by atoms with Gasteiger partial charge in [-0.25, -0.2) is 0 Å². The van der Waals surface area contributed by atoms with Crippen LogP contribution in [0.15, 0.2) is 60.7 Å². The Bertz CT molecular complexity index is 588. The minimum Gasteiger partial charge on any atom is -0.396 e. The van der Waals surface area contributed by atoms with Crippen LogP contribution in [0.4, 0.5) is 0 Å². The van der Waals surface area contributed by atoms with E-state index in [-0.39, 0.29) is 18.6 Å². The summed E-state index contributed by atoms with van der Waals surface area (Å²) in [6.45, 7) is 3.63. The Kier molecular flexibility index (Phi) is 5.53. The molecular weight excluding hydrogens is 290 g/mol. The summed E-state index contributed by atoms with van der Waals surface area (Å²) >= 11 is 0. The van der Waals surface area contributed by atoms with Gasteiger partial charge in [0.15, 0.2) is 5.60 Å². The van der Waals surface area contributed by atoms with Crippen LogP contribution in [0.5, 0.6) is 0 Å². The van der Waals surface area contributed by atoms with E-state index in [1.807, 2.05) is 26.0 Å². The van der Waals surface area contributed by atoms with Crippen molar-refractivity contribution >= 4 is 5.91 Å². The highest BCUT2D eigenvalue weighted by atomic mass is 16.3. The van der Waals surface area contributed by atoms with Crippen LogP contribution in [-0.2, 0) is 10.4 Å². The van der Waals surface area contributed by atoms with Crippen molar-refractivity contribution in [1.29, 1.82) is 0 Å². The number of aliphatic hydroxyl groups is 2. The fourth-order valence-corrected chi connectivity index (χ4v) is 2.40. The van der Waals surface area contributed by atoms with Gasteiger partial charge < -0.3 is 15.5 Å². The molecule has 1 amide bonds. The van der Waals surface area contributed by atoms with Crippen LogP contribution in [0.2, 0.25) is 0 Å². The maximum absolute atomic E-state index is 12.9. The van der Waals surface area contributed by atoms with Gasteiger partial charge in [-0.05, 0) is 24.0 Å². The second-order valence-corrected chi connectivity index (χ2v) is 5.86. The Morgan fingerprint density at radius 3 is 1.83 bits per heavy atom. The molecule has 0 fully saturated rings. The lowest BCUT2D eigenvalue weighted by Crippen LogP contribution is -2.50. The summed E-state index contributed by atoms with van der Waals surface area (Å²) in [7, 11) is 0. The molecule has 0 radical (unpaired) electrons. The topological polar surface area (TPSA) is 69.6 Å². The molecule has 2 unspecified atom stereocenters. The van der Waals surface area contributed by atoms with Crippen LogP contribution in [-0.4, -0.2) is 28.8 Å². The number of carbonyl (C=O) groups is 1. The first-order valence-electron chi connectivity index (χ1n) is 7.75. The third-order valence-corrected chi connectivity index (χ3v) is 4.21. The number of benzene rings is 2. The zero-order chi connectivity index (χ0) is 16.9. The van der Waals surface area contributed by atoms with Crippen molar-refractivity contribution in [2.24, 2.45) is 5.92 Å². The molecule has 4 heteroatoms. The van der Waals surface area contributed by atoms with E-state index in [2.05, 4.69) is 5.32 Å². The van der Waals surface area contributed by atoms with Crippen LogP contribution in [0.3, 0.4) is 0 Å². The zero-order valence-electron chi connectivity index (χ0n) is 13.4. The van der Waals surface area contributed by atoms with Crippen molar-refractivity contribution in [2.45, 2.75) is 25.5 Å². The second kappa shape index (κ2) is 7.40. The van der Waals surface area contributed by atoms with Crippen LogP contribution >= 0.6 is 0 Å². The number of hydrogen-bond acceptors (Lipinski definition) is 3. The lowest BCUT2D eigenvalue weighted by molar-refractivity contribution is -0.137. The van der Waals surface area contributed by atoms with Crippen molar-refractivity contribution < 1.29 is 15.0 Å². The van der Waals surface area contributed by atoms with E-state index in [9.17, 15) is 15.0 Å². The summed E-state index contributed by atoms with van der Waals surface area (Å²) in [5.74, 6) is -0.600.